The summed E-state index contributed by atoms with van der Waals surface area (Å²) in [5.41, 5.74) is 9.76. The van der Waals surface area contributed by atoms with Crippen LogP contribution in [0.3, 0.4) is 0 Å². The largest absolute Gasteiger partial charge is 0.366 e. The Bertz CT molecular complexity index is 1280. The first-order valence-corrected chi connectivity index (χ1v) is 11.3. The minimum atomic E-state index is -0.431. The summed E-state index contributed by atoms with van der Waals surface area (Å²) in [6.45, 7) is 3.73. The second-order valence-electron chi connectivity index (χ2n) is 8.51. The average molecular weight is 454 g/mol. The van der Waals surface area contributed by atoms with E-state index in [-0.39, 0.29) is 6.17 Å². The Labute approximate surface area is 198 Å². The van der Waals surface area contributed by atoms with Gasteiger partial charge in [0.15, 0.2) is 5.82 Å². The molecule has 1 atom stereocenters. The molecule has 4 heterocycles. The number of piperazine rings is 1. The van der Waals surface area contributed by atoms with Crippen molar-refractivity contribution in [2.24, 2.45) is 5.73 Å². The van der Waals surface area contributed by atoms with Crippen molar-refractivity contribution >= 4 is 5.91 Å². The van der Waals surface area contributed by atoms with Crippen molar-refractivity contribution in [2.75, 3.05) is 33.2 Å². The van der Waals surface area contributed by atoms with Gasteiger partial charge in [-0.1, -0.05) is 12.1 Å². The number of rotatable bonds is 6. The molecule has 8 nitrogen and oxygen atoms in total. The van der Waals surface area contributed by atoms with Crippen LogP contribution in [0.1, 0.15) is 22.1 Å². The molecule has 0 spiro atoms. The molecule has 3 aromatic heterocycles. The topological polar surface area (TPSA) is 93.2 Å². The van der Waals surface area contributed by atoms with Crippen LogP contribution in [-0.2, 0) is 0 Å². The third kappa shape index (κ3) is 4.46. The summed E-state index contributed by atoms with van der Waals surface area (Å²) >= 11 is 0. The van der Waals surface area contributed by atoms with Crippen LogP contribution in [-0.4, -0.2) is 68.5 Å². The van der Waals surface area contributed by atoms with Gasteiger partial charge in [-0.05, 0) is 55.1 Å². The zero-order valence-corrected chi connectivity index (χ0v) is 19.1. The molecule has 0 bridgehead atoms. The molecular formula is C26H27N7O. The number of hydrogen-bond donors (Lipinski definition) is 1. The molecule has 1 saturated heterocycles. The van der Waals surface area contributed by atoms with Crippen molar-refractivity contribution in [3.63, 3.8) is 0 Å². The van der Waals surface area contributed by atoms with Crippen LogP contribution < -0.4 is 5.73 Å². The van der Waals surface area contributed by atoms with Crippen molar-refractivity contribution in [1.82, 2.24) is 29.3 Å². The molecule has 4 aromatic rings. The van der Waals surface area contributed by atoms with E-state index in [1.165, 1.54) is 0 Å². The minimum Gasteiger partial charge on any atom is -0.366 e. The lowest BCUT2D eigenvalue weighted by Gasteiger charge is -2.39. The molecule has 0 radical (unpaired) electrons. The zero-order chi connectivity index (χ0) is 23.5. The molecule has 2 N–H and O–H groups in total. The number of pyridine rings is 1. The standard InChI is InChI=1S/C26H27N7O/c1-31-13-15-32(16-14-31)26(20-6-2-5-19(17-20)24(27)34)33-12-4-8-23(33)25-29-11-9-22(30-25)21-7-3-10-28-18-21/h2-12,17-18,26H,13-16H2,1H3,(H2,27,34). The van der Waals surface area contributed by atoms with Crippen LogP contribution >= 0.6 is 0 Å². The number of carbonyl (C=O) groups is 1. The Morgan fingerprint density at radius 1 is 1.00 bits per heavy atom. The summed E-state index contributed by atoms with van der Waals surface area (Å²) < 4.78 is 2.19. The monoisotopic (exact) mass is 453 g/mol. The molecule has 1 aliphatic rings. The van der Waals surface area contributed by atoms with Crippen LogP contribution in [0.5, 0.6) is 0 Å². The molecule has 1 amide bonds. The summed E-state index contributed by atoms with van der Waals surface area (Å²) in [6.07, 6.45) is 7.25. The first kappa shape index (κ1) is 21.9. The van der Waals surface area contributed by atoms with E-state index in [0.29, 0.717) is 11.4 Å². The van der Waals surface area contributed by atoms with Gasteiger partial charge in [0.1, 0.15) is 6.17 Å². The summed E-state index contributed by atoms with van der Waals surface area (Å²) in [5.74, 6) is 0.204. The highest BCUT2D eigenvalue weighted by molar-refractivity contribution is 5.92. The number of carbonyl (C=O) groups excluding carboxylic acids is 1. The number of aromatic nitrogens is 4. The minimum absolute atomic E-state index is 0.122. The van der Waals surface area contributed by atoms with Crippen molar-refractivity contribution in [2.45, 2.75) is 6.17 Å². The summed E-state index contributed by atoms with van der Waals surface area (Å²) in [4.78, 5) is 30.3. The molecule has 0 saturated carbocycles. The van der Waals surface area contributed by atoms with Gasteiger partial charge in [0.2, 0.25) is 5.91 Å². The van der Waals surface area contributed by atoms with Gasteiger partial charge in [0.05, 0.1) is 11.4 Å². The van der Waals surface area contributed by atoms with Crippen molar-refractivity contribution in [1.29, 1.82) is 0 Å². The van der Waals surface area contributed by atoms with Gasteiger partial charge >= 0.3 is 0 Å². The smallest absolute Gasteiger partial charge is 0.248 e. The summed E-state index contributed by atoms with van der Waals surface area (Å²) in [5, 5.41) is 0. The number of amides is 1. The molecule has 34 heavy (non-hydrogen) atoms. The van der Waals surface area contributed by atoms with Gasteiger partial charge in [0, 0.05) is 62.1 Å². The molecule has 1 aliphatic heterocycles. The lowest BCUT2D eigenvalue weighted by molar-refractivity contribution is 0.0970. The second-order valence-corrected chi connectivity index (χ2v) is 8.51. The van der Waals surface area contributed by atoms with Crippen molar-refractivity contribution in [3.8, 4) is 22.8 Å². The van der Waals surface area contributed by atoms with Crippen LogP contribution in [0.4, 0.5) is 0 Å². The molecule has 5 rings (SSSR count). The van der Waals surface area contributed by atoms with E-state index in [1.807, 2.05) is 48.5 Å². The molecular weight excluding hydrogens is 426 g/mol. The number of hydrogen-bond acceptors (Lipinski definition) is 6. The third-order valence-corrected chi connectivity index (χ3v) is 6.24. The first-order valence-electron chi connectivity index (χ1n) is 11.3. The molecule has 1 unspecified atom stereocenters. The molecule has 1 fully saturated rings. The molecule has 8 heteroatoms. The summed E-state index contributed by atoms with van der Waals surface area (Å²) in [6, 6.07) is 17.4. The van der Waals surface area contributed by atoms with Crippen LogP contribution in [0.15, 0.2) is 79.4 Å². The Morgan fingerprint density at radius 3 is 2.62 bits per heavy atom. The van der Waals surface area contributed by atoms with Crippen molar-refractivity contribution < 1.29 is 4.79 Å². The quantitative estimate of drug-likeness (QED) is 0.483. The highest BCUT2D eigenvalue weighted by Gasteiger charge is 2.27. The SMILES string of the molecule is CN1CCN(C(c2cccc(C(N)=O)c2)n2cccc2-c2nccc(-c3cccnc3)n2)CC1. The van der Waals surface area contributed by atoms with E-state index < -0.39 is 5.91 Å². The maximum Gasteiger partial charge on any atom is 0.248 e. The number of nitrogens with zero attached hydrogens (tertiary/aromatic N) is 6. The van der Waals surface area contributed by atoms with E-state index in [9.17, 15) is 4.79 Å². The van der Waals surface area contributed by atoms with Gasteiger partial charge in [-0.2, -0.15) is 0 Å². The fourth-order valence-corrected chi connectivity index (χ4v) is 4.42. The predicted octanol–water partition coefficient (Wildman–Crippen LogP) is 2.90. The van der Waals surface area contributed by atoms with Gasteiger partial charge in [-0.3, -0.25) is 14.7 Å². The second kappa shape index (κ2) is 9.54. The van der Waals surface area contributed by atoms with E-state index in [2.05, 4.69) is 37.6 Å². The number of likely N-dealkylation sites (N-methyl/N-ethyl adjacent to an activating group) is 1. The number of benzene rings is 1. The predicted molar refractivity (Wildman–Crippen MR) is 131 cm³/mol. The Kier molecular flexibility index (Phi) is 6.16. The van der Waals surface area contributed by atoms with Crippen LogP contribution in [0, 0.1) is 0 Å². The fraction of sp³-hybridized carbons (Fsp3) is 0.231. The highest BCUT2D eigenvalue weighted by Crippen LogP contribution is 2.30. The normalized spacial score (nSPS) is 15.8. The Morgan fingerprint density at radius 2 is 1.85 bits per heavy atom. The van der Waals surface area contributed by atoms with Crippen LogP contribution in [0.2, 0.25) is 0 Å². The van der Waals surface area contributed by atoms with Gasteiger partial charge in [-0.25, -0.2) is 9.97 Å². The Hall–Kier alpha value is -3.88. The van der Waals surface area contributed by atoms with Crippen molar-refractivity contribution in [3.05, 3.63) is 90.5 Å². The van der Waals surface area contributed by atoms with Crippen LogP contribution in [0.25, 0.3) is 22.8 Å². The van der Waals surface area contributed by atoms with E-state index in [0.717, 1.165) is 48.7 Å². The lowest BCUT2D eigenvalue weighted by Crippen LogP contribution is -2.47. The highest BCUT2D eigenvalue weighted by atomic mass is 16.1. The molecule has 1 aromatic carbocycles. The van der Waals surface area contributed by atoms with E-state index in [4.69, 9.17) is 10.7 Å². The lowest BCUT2D eigenvalue weighted by atomic mass is 10.1. The summed E-state index contributed by atoms with van der Waals surface area (Å²) in [7, 11) is 2.14. The van der Waals surface area contributed by atoms with Gasteiger partial charge in [-0.15, -0.1) is 0 Å². The Balaban J connectivity index is 1.59. The number of primary amides is 1. The maximum absolute atomic E-state index is 11.9. The molecule has 0 aliphatic carbocycles. The molecule has 172 valence electrons. The third-order valence-electron chi connectivity index (χ3n) is 6.24. The van der Waals surface area contributed by atoms with E-state index in [1.54, 1.807) is 24.7 Å². The zero-order valence-electron chi connectivity index (χ0n) is 19.1. The number of nitrogens with two attached hydrogens (primary N) is 1. The fourth-order valence-electron chi connectivity index (χ4n) is 4.42. The van der Waals surface area contributed by atoms with E-state index >= 15 is 0 Å². The average Bonchev–Trinajstić information content (AvgIpc) is 3.36. The first-order chi connectivity index (χ1) is 16.6. The van der Waals surface area contributed by atoms with Gasteiger partial charge < -0.3 is 15.2 Å². The maximum atomic E-state index is 11.9. The van der Waals surface area contributed by atoms with Gasteiger partial charge in [0.25, 0.3) is 0 Å².